The van der Waals surface area contributed by atoms with Gasteiger partial charge in [-0.15, -0.1) is 0 Å². The minimum Gasteiger partial charge on any atom is -0.487 e. The van der Waals surface area contributed by atoms with Crippen molar-refractivity contribution in [2.75, 3.05) is 0 Å². The summed E-state index contributed by atoms with van der Waals surface area (Å²) >= 11 is 12.1. The van der Waals surface area contributed by atoms with Gasteiger partial charge in [-0.05, 0) is 37.1 Å². The van der Waals surface area contributed by atoms with Gasteiger partial charge in [0, 0.05) is 18.8 Å². The Balaban J connectivity index is 2.28. The predicted molar refractivity (Wildman–Crippen MR) is 91.8 cm³/mol. The molecule has 1 aromatic carbocycles. The molecule has 0 spiro atoms. The molecule has 0 aliphatic rings. The summed E-state index contributed by atoms with van der Waals surface area (Å²) in [4.78, 5) is 3.86. The Bertz CT molecular complexity index is 709. The van der Waals surface area contributed by atoms with Crippen molar-refractivity contribution in [1.82, 2.24) is 4.98 Å². The van der Waals surface area contributed by atoms with Crippen LogP contribution in [-0.4, -0.2) is 22.8 Å². The molecule has 0 aliphatic heterocycles. The molecule has 2 aromatic rings. The van der Waals surface area contributed by atoms with Crippen LogP contribution in [-0.2, 0) is 6.42 Å². The van der Waals surface area contributed by atoms with Crippen LogP contribution in [0.3, 0.4) is 0 Å². The van der Waals surface area contributed by atoms with E-state index in [-0.39, 0.29) is 24.0 Å². The van der Waals surface area contributed by atoms with Crippen LogP contribution in [0.15, 0.2) is 30.6 Å². The summed E-state index contributed by atoms with van der Waals surface area (Å²) in [5.41, 5.74) is 1.01. The largest absolute Gasteiger partial charge is 0.487 e. The topological polar surface area (TPSA) is 51.6 Å². The zero-order valence-electron chi connectivity index (χ0n) is 13.5. The highest BCUT2D eigenvalue weighted by Crippen LogP contribution is 2.35. The van der Waals surface area contributed by atoms with Gasteiger partial charge in [-0.3, -0.25) is 4.98 Å². The van der Waals surface area contributed by atoms with Crippen LogP contribution in [0.5, 0.6) is 11.5 Å². The first-order chi connectivity index (χ1) is 11.8. The Kier molecular flexibility index (Phi) is 6.81. The van der Waals surface area contributed by atoms with Gasteiger partial charge in [0.05, 0.1) is 22.3 Å². The molecule has 0 fully saturated rings. The first kappa shape index (κ1) is 19.7. The molecule has 25 heavy (non-hydrogen) atoms. The third-order valence-electron chi connectivity index (χ3n) is 3.28. The van der Waals surface area contributed by atoms with Crippen molar-refractivity contribution in [3.05, 3.63) is 51.8 Å². The van der Waals surface area contributed by atoms with E-state index < -0.39 is 12.7 Å². The van der Waals surface area contributed by atoms with Crippen molar-refractivity contribution in [3.63, 3.8) is 0 Å². The molecule has 0 radical (unpaired) electrons. The van der Waals surface area contributed by atoms with Crippen molar-refractivity contribution in [1.29, 1.82) is 0 Å². The number of aromatic nitrogens is 1. The van der Waals surface area contributed by atoms with Gasteiger partial charge in [-0.25, -0.2) is 0 Å². The van der Waals surface area contributed by atoms with Crippen molar-refractivity contribution in [3.8, 4) is 11.5 Å². The lowest BCUT2D eigenvalue weighted by Gasteiger charge is -2.18. The lowest BCUT2D eigenvalue weighted by atomic mass is 10.0. The second kappa shape index (κ2) is 8.65. The second-order valence-corrected chi connectivity index (χ2v) is 6.37. The highest BCUT2D eigenvalue weighted by Gasteiger charge is 2.18. The normalized spacial score (nSPS) is 12.5. The number of aliphatic hydroxyl groups is 1. The van der Waals surface area contributed by atoms with Crippen LogP contribution in [0.25, 0.3) is 0 Å². The maximum atomic E-state index is 12.5. The lowest BCUT2D eigenvalue weighted by Crippen LogP contribution is -2.11. The number of hydrogen-bond acceptors (Lipinski definition) is 4. The van der Waals surface area contributed by atoms with Crippen LogP contribution in [0, 0.1) is 0 Å². The molecule has 1 unspecified atom stereocenters. The molecule has 0 bridgehead atoms. The number of benzene rings is 1. The summed E-state index contributed by atoms with van der Waals surface area (Å²) < 4.78 is 35.0. The number of rotatable bonds is 7. The van der Waals surface area contributed by atoms with E-state index in [1.54, 1.807) is 13.8 Å². The second-order valence-electron chi connectivity index (χ2n) is 5.55. The van der Waals surface area contributed by atoms with Gasteiger partial charge >= 0.3 is 6.61 Å². The quantitative estimate of drug-likeness (QED) is 0.716. The summed E-state index contributed by atoms with van der Waals surface area (Å²) in [5.74, 6) is 0.0263. The fourth-order valence-corrected chi connectivity index (χ4v) is 2.73. The first-order valence-corrected chi connectivity index (χ1v) is 8.25. The Labute approximate surface area is 154 Å². The molecule has 1 aromatic heterocycles. The molecular weight excluding hydrogens is 375 g/mol. The fraction of sp³-hybridized carbons (Fsp3) is 0.353. The van der Waals surface area contributed by atoms with Gasteiger partial charge < -0.3 is 14.6 Å². The monoisotopic (exact) mass is 391 g/mol. The van der Waals surface area contributed by atoms with E-state index >= 15 is 0 Å². The maximum Gasteiger partial charge on any atom is 0.387 e. The average Bonchev–Trinajstić information content (AvgIpc) is 2.51. The standard InChI is InChI=1S/C17H17Cl2F2NO3/c1-9(2)24-16-5-10(3-4-15(16)25-17(20)21)14(23)6-11-12(18)7-22-8-13(11)19/h3-5,7-9,14,17,23H,6H2,1-2H3. The van der Waals surface area contributed by atoms with Gasteiger partial charge in [0.1, 0.15) is 0 Å². The summed E-state index contributed by atoms with van der Waals surface area (Å²) in [6.07, 6.45) is 1.78. The van der Waals surface area contributed by atoms with Gasteiger partial charge in [-0.2, -0.15) is 8.78 Å². The Morgan fingerprint density at radius 1 is 1.08 bits per heavy atom. The van der Waals surface area contributed by atoms with Crippen LogP contribution < -0.4 is 9.47 Å². The van der Waals surface area contributed by atoms with Crippen molar-refractivity contribution in [2.24, 2.45) is 0 Å². The van der Waals surface area contributed by atoms with E-state index in [1.165, 1.54) is 30.6 Å². The fourth-order valence-electron chi connectivity index (χ4n) is 2.22. The molecule has 0 aliphatic carbocycles. The maximum absolute atomic E-state index is 12.5. The lowest BCUT2D eigenvalue weighted by molar-refractivity contribution is -0.0519. The minimum absolute atomic E-state index is 0.0976. The predicted octanol–water partition coefficient (Wildman–Crippen LogP) is 5.05. The Hall–Kier alpha value is -1.63. The molecule has 0 saturated heterocycles. The van der Waals surface area contributed by atoms with Crippen LogP contribution in [0.1, 0.15) is 31.1 Å². The number of halogens is 4. The van der Waals surface area contributed by atoms with E-state index in [4.69, 9.17) is 27.9 Å². The number of nitrogens with zero attached hydrogens (tertiary/aromatic N) is 1. The highest BCUT2D eigenvalue weighted by molar-refractivity contribution is 6.35. The molecule has 1 atom stereocenters. The zero-order valence-corrected chi connectivity index (χ0v) is 15.1. The number of aliphatic hydroxyl groups excluding tert-OH is 1. The highest BCUT2D eigenvalue weighted by atomic mass is 35.5. The zero-order chi connectivity index (χ0) is 18.6. The van der Waals surface area contributed by atoms with Crippen LogP contribution >= 0.6 is 23.2 Å². The summed E-state index contributed by atoms with van der Waals surface area (Å²) in [7, 11) is 0. The molecule has 8 heteroatoms. The molecule has 4 nitrogen and oxygen atoms in total. The molecule has 1 heterocycles. The number of alkyl halides is 2. The summed E-state index contributed by atoms with van der Waals surface area (Å²) in [6, 6.07) is 4.28. The van der Waals surface area contributed by atoms with Crippen molar-refractivity contribution in [2.45, 2.75) is 39.1 Å². The minimum atomic E-state index is -2.97. The smallest absolute Gasteiger partial charge is 0.387 e. The molecule has 0 saturated carbocycles. The number of hydrogen-bond donors (Lipinski definition) is 1. The SMILES string of the molecule is CC(C)Oc1cc(C(O)Cc2c(Cl)cncc2Cl)ccc1OC(F)F. The Morgan fingerprint density at radius 2 is 1.72 bits per heavy atom. The van der Waals surface area contributed by atoms with E-state index in [2.05, 4.69) is 9.72 Å². The van der Waals surface area contributed by atoms with Gasteiger partial charge in [-0.1, -0.05) is 29.3 Å². The van der Waals surface area contributed by atoms with E-state index in [1.807, 2.05) is 0 Å². The molecule has 136 valence electrons. The molecule has 2 rings (SSSR count). The third-order valence-corrected chi connectivity index (χ3v) is 3.93. The van der Waals surface area contributed by atoms with Crippen LogP contribution in [0.2, 0.25) is 10.0 Å². The number of ether oxygens (including phenoxy) is 2. The van der Waals surface area contributed by atoms with E-state index in [9.17, 15) is 13.9 Å². The van der Waals surface area contributed by atoms with Gasteiger partial charge in [0.15, 0.2) is 11.5 Å². The van der Waals surface area contributed by atoms with Gasteiger partial charge in [0.25, 0.3) is 0 Å². The summed E-state index contributed by atoms with van der Waals surface area (Å²) in [6.45, 7) is 0.539. The van der Waals surface area contributed by atoms with E-state index in [0.717, 1.165) is 0 Å². The summed E-state index contributed by atoms with van der Waals surface area (Å²) in [5, 5.41) is 11.1. The van der Waals surface area contributed by atoms with Crippen molar-refractivity contribution >= 4 is 23.2 Å². The molecule has 1 N–H and O–H groups in total. The third kappa shape index (κ3) is 5.42. The first-order valence-electron chi connectivity index (χ1n) is 7.49. The number of pyridine rings is 1. The van der Waals surface area contributed by atoms with Crippen LogP contribution in [0.4, 0.5) is 8.78 Å². The average molecular weight is 392 g/mol. The molecular formula is C17H17Cl2F2NO3. The molecule has 0 amide bonds. The van der Waals surface area contributed by atoms with Gasteiger partial charge in [0.2, 0.25) is 0 Å². The van der Waals surface area contributed by atoms with Crippen molar-refractivity contribution < 1.29 is 23.4 Å². The Morgan fingerprint density at radius 3 is 2.28 bits per heavy atom. The van der Waals surface area contributed by atoms with E-state index in [0.29, 0.717) is 21.2 Å².